The Labute approximate surface area is 107 Å². The highest BCUT2D eigenvalue weighted by atomic mass is 16.3. The first kappa shape index (κ1) is 13.4. The van der Waals surface area contributed by atoms with Gasteiger partial charge in [-0.1, -0.05) is 51.9 Å². The molecule has 0 bridgehead atoms. The van der Waals surface area contributed by atoms with Crippen molar-refractivity contribution in [2.24, 2.45) is 11.8 Å². The number of aliphatic hydroxyl groups is 1. The Morgan fingerprint density at radius 3 is 2.41 bits per heavy atom. The van der Waals surface area contributed by atoms with E-state index in [0.29, 0.717) is 5.92 Å². The maximum atomic E-state index is 11.0. The van der Waals surface area contributed by atoms with E-state index in [1.54, 1.807) is 0 Å². The molecule has 2 saturated carbocycles. The Bertz CT molecular complexity index is 220. The minimum absolute atomic E-state index is 0.289. The largest absolute Gasteiger partial charge is 0.390 e. The van der Waals surface area contributed by atoms with E-state index in [0.717, 1.165) is 18.8 Å². The number of hydrogen-bond donors (Lipinski definition) is 1. The van der Waals surface area contributed by atoms with E-state index in [1.165, 1.54) is 64.2 Å². The average molecular weight is 238 g/mol. The summed E-state index contributed by atoms with van der Waals surface area (Å²) in [5.41, 5.74) is -0.289. The molecule has 0 aromatic carbocycles. The van der Waals surface area contributed by atoms with Gasteiger partial charge in [-0.05, 0) is 43.9 Å². The Balaban J connectivity index is 1.90. The molecule has 1 heteroatoms. The van der Waals surface area contributed by atoms with Crippen LogP contribution < -0.4 is 0 Å². The lowest BCUT2D eigenvalue weighted by Crippen LogP contribution is -2.38. The van der Waals surface area contributed by atoms with E-state index in [2.05, 4.69) is 6.92 Å². The van der Waals surface area contributed by atoms with Gasteiger partial charge in [-0.2, -0.15) is 0 Å². The fourth-order valence-corrected chi connectivity index (χ4v) is 4.17. The van der Waals surface area contributed by atoms with Crippen molar-refractivity contribution in [3.05, 3.63) is 0 Å². The SMILES string of the molecule is CCCC1CCCC(O)(C2CCCCC2)CC1. The van der Waals surface area contributed by atoms with Crippen LogP contribution in [0.2, 0.25) is 0 Å². The molecule has 2 atom stereocenters. The molecule has 0 heterocycles. The number of hydrogen-bond acceptors (Lipinski definition) is 1. The van der Waals surface area contributed by atoms with Gasteiger partial charge >= 0.3 is 0 Å². The first-order chi connectivity index (χ1) is 8.24. The lowest BCUT2D eigenvalue weighted by molar-refractivity contribution is -0.0460. The molecule has 2 aliphatic carbocycles. The predicted molar refractivity (Wildman–Crippen MR) is 73.0 cm³/mol. The highest BCUT2D eigenvalue weighted by Crippen LogP contribution is 2.42. The van der Waals surface area contributed by atoms with Gasteiger partial charge in [0.2, 0.25) is 0 Å². The minimum Gasteiger partial charge on any atom is -0.390 e. The predicted octanol–water partition coefficient (Wildman–Crippen LogP) is 4.68. The molecule has 0 aromatic rings. The van der Waals surface area contributed by atoms with Crippen molar-refractivity contribution in [1.29, 1.82) is 0 Å². The molecule has 0 spiro atoms. The highest BCUT2D eigenvalue weighted by molar-refractivity contribution is 4.90. The second kappa shape index (κ2) is 6.22. The number of rotatable bonds is 3. The van der Waals surface area contributed by atoms with Gasteiger partial charge in [-0.25, -0.2) is 0 Å². The quantitative estimate of drug-likeness (QED) is 0.708. The van der Waals surface area contributed by atoms with E-state index < -0.39 is 0 Å². The fraction of sp³-hybridized carbons (Fsp3) is 1.00. The molecule has 0 radical (unpaired) electrons. The summed E-state index contributed by atoms with van der Waals surface area (Å²) in [6.45, 7) is 2.29. The monoisotopic (exact) mass is 238 g/mol. The molecule has 2 fully saturated rings. The van der Waals surface area contributed by atoms with Crippen LogP contribution in [0.5, 0.6) is 0 Å². The Hall–Kier alpha value is -0.0400. The molecular formula is C16H30O. The van der Waals surface area contributed by atoms with Crippen molar-refractivity contribution < 1.29 is 5.11 Å². The van der Waals surface area contributed by atoms with Crippen molar-refractivity contribution in [2.75, 3.05) is 0 Å². The molecule has 0 saturated heterocycles. The maximum Gasteiger partial charge on any atom is 0.0675 e. The van der Waals surface area contributed by atoms with E-state index in [-0.39, 0.29) is 5.60 Å². The second-order valence-electron chi connectivity index (χ2n) is 6.52. The summed E-state index contributed by atoms with van der Waals surface area (Å²) < 4.78 is 0. The lowest BCUT2D eigenvalue weighted by Gasteiger charge is -2.38. The van der Waals surface area contributed by atoms with Crippen molar-refractivity contribution in [3.8, 4) is 0 Å². The van der Waals surface area contributed by atoms with Crippen molar-refractivity contribution in [3.63, 3.8) is 0 Å². The third-order valence-corrected chi connectivity index (χ3v) is 5.27. The molecule has 2 aliphatic rings. The zero-order chi connectivity index (χ0) is 12.1. The molecule has 0 amide bonds. The summed E-state index contributed by atoms with van der Waals surface area (Å²) in [4.78, 5) is 0. The zero-order valence-corrected chi connectivity index (χ0v) is 11.6. The summed E-state index contributed by atoms with van der Waals surface area (Å²) in [6.07, 6.45) is 15.4. The molecule has 2 rings (SSSR count). The molecule has 1 N–H and O–H groups in total. The van der Waals surface area contributed by atoms with Crippen LogP contribution in [0.3, 0.4) is 0 Å². The first-order valence-corrected chi connectivity index (χ1v) is 7.97. The molecule has 100 valence electrons. The summed E-state index contributed by atoms with van der Waals surface area (Å²) in [5.74, 6) is 1.52. The molecular weight excluding hydrogens is 208 g/mol. The van der Waals surface area contributed by atoms with Gasteiger partial charge in [-0.15, -0.1) is 0 Å². The van der Waals surface area contributed by atoms with Gasteiger partial charge in [0.25, 0.3) is 0 Å². The zero-order valence-electron chi connectivity index (χ0n) is 11.6. The average Bonchev–Trinajstić information content (AvgIpc) is 2.55. The lowest BCUT2D eigenvalue weighted by atomic mass is 9.73. The van der Waals surface area contributed by atoms with Gasteiger partial charge < -0.3 is 5.11 Å². The van der Waals surface area contributed by atoms with Gasteiger partial charge in [0, 0.05) is 0 Å². The van der Waals surface area contributed by atoms with Gasteiger partial charge in [0.15, 0.2) is 0 Å². The van der Waals surface area contributed by atoms with Crippen LogP contribution in [0.15, 0.2) is 0 Å². The van der Waals surface area contributed by atoms with Gasteiger partial charge in [0.05, 0.1) is 5.60 Å². The summed E-state index contributed by atoms with van der Waals surface area (Å²) in [6, 6.07) is 0. The fourth-order valence-electron chi connectivity index (χ4n) is 4.17. The van der Waals surface area contributed by atoms with E-state index in [1.807, 2.05) is 0 Å². The molecule has 1 nitrogen and oxygen atoms in total. The summed E-state index contributed by atoms with van der Waals surface area (Å²) in [7, 11) is 0. The van der Waals surface area contributed by atoms with Gasteiger partial charge in [-0.3, -0.25) is 0 Å². The van der Waals surface area contributed by atoms with Crippen molar-refractivity contribution in [2.45, 2.75) is 89.6 Å². The third-order valence-electron chi connectivity index (χ3n) is 5.27. The molecule has 0 aliphatic heterocycles. The molecule has 17 heavy (non-hydrogen) atoms. The minimum atomic E-state index is -0.289. The summed E-state index contributed by atoms with van der Waals surface area (Å²) in [5, 5.41) is 11.0. The molecule has 2 unspecified atom stereocenters. The summed E-state index contributed by atoms with van der Waals surface area (Å²) >= 11 is 0. The Morgan fingerprint density at radius 1 is 0.941 bits per heavy atom. The van der Waals surface area contributed by atoms with Gasteiger partial charge in [0.1, 0.15) is 0 Å². The van der Waals surface area contributed by atoms with Crippen LogP contribution in [0.4, 0.5) is 0 Å². The van der Waals surface area contributed by atoms with Crippen LogP contribution in [0.25, 0.3) is 0 Å². The van der Waals surface area contributed by atoms with Crippen LogP contribution in [0, 0.1) is 11.8 Å². The van der Waals surface area contributed by atoms with E-state index in [9.17, 15) is 5.11 Å². The molecule has 0 aromatic heterocycles. The van der Waals surface area contributed by atoms with Crippen LogP contribution >= 0.6 is 0 Å². The first-order valence-electron chi connectivity index (χ1n) is 7.97. The Kier molecular flexibility index (Phi) is 4.90. The normalized spacial score (nSPS) is 36.7. The van der Waals surface area contributed by atoms with E-state index >= 15 is 0 Å². The van der Waals surface area contributed by atoms with Crippen molar-refractivity contribution >= 4 is 0 Å². The maximum absolute atomic E-state index is 11.0. The van der Waals surface area contributed by atoms with Crippen LogP contribution in [-0.4, -0.2) is 10.7 Å². The van der Waals surface area contributed by atoms with Crippen molar-refractivity contribution in [1.82, 2.24) is 0 Å². The Morgan fingerprint density at radius 2 is 1.71 bits per heavy atom. The van der Waals surface area contributed by atoms with Crippen LogP contribution in [0.1, 0.15) is 84.0 Å². The topological polar surface area (TPSA) is 20.2 Å². The highest BCUT2D eigenvalue weighted by Gasteiger charge is 2.38. The van der Waals surface area contributed by atoms with E-state index in [4.69, 9.17) is 0 Å². The smallest absolute Gasteiger partial charge is 0.0675 e. The van der Waals surface area contributed by atoms with Crippen LogP contribution in [-0.2, 0) is 0 Å². The standard InChI is InChI=1S/C16H30O/c1-2-7-14-8-6-12-16(17,13-11-14)15-9-4-3-5-10-15/h14-15,17H,2-13H2,1H3. The third kappa shape index (κ3) is 3.47. The second-order valence-corrected chi connectivity index (χ2v) is 6.52.